The van der Waals surface area contributed by atoms with Crippen molar-refractivity contribution in [1.82, 2.24) is 24.9 Å². The minimum atomic E-state index is -0.352. The maximum absolute atomic E-state index is 6.09. The first kappa shape index (κ1) is 18.9. The van der Waals surface area contributed by atoms with Gasteiger partial charge in [0.05, 0.1) is 5.75 Å². The number of hydrogen-bond donors (Lipinski definition) is 0. The Morgan fingerprint density at radius 1 is 1.23 bits per heavy atom. The van der Waals surface area contributed by atoms with Crippen molar-refractivity contribution in [2.24, 2.45) is 0 Å². The maximum atomic E-state index is 6.09. The van der Waals surface area contributed by atoms with E-state index in [4.69, 9.17) is 14.0 Å². The number of benzene rings is 1. The highest BCUT2D eigenvalue weighted by Gasteiger charge is 2.28. The third kappa shape index (κ3) is 3.71. The molecule has 1 aliphatic heterocycles. The number of aromatic nitrogens is 5. The summed E-state index contributed by atoms with van der Waals surface area (Å²) < 4.78 is 19.3. The van der Waals surface area contributed by atoms with Crippen LogP contribution in [0.1, 0.15) is 17.8 Å². The number of thiophene rings is 1. The number of ether oxygens (including phenoxy) is 2. The van der Waals surface area contributed by atoms with Crippen LogP contribution in [0.15, 0.2) is 63.4 Å². The van der Waals surface area contributed by atoms with Crippen LogP contribution < -0.4 is 9.47 Å². The second kappa shape index (κ2) is 8.33. The first-order valence-electron chi connectivity index (χ1n) is 9.22. The Bertz CT molecular complexity index is 1160. The van der Waals surface area contributed by atoms with Gasteiger partial charge >= 0.3 is 0 Å². The van der Waals surface area contributed by atoms with Crippen LogP contribution in [0.25, 0.3) is 11.4 Å². The smallest absolute Gasteiger partial charge is 0.237 e. The quantitative estimate of drug-likeness (QED) is 0.310. The molecule has 3 aromatic heterocycles. The Morgan fingerprint density at radius 2 is 2.13 bits per heavy atom. The van der Waals surface area contributed by atoms with E-state index in [9.17, 15) is 0 Å². The van der Waals surface area contributed by atoms with Gasteiger partial charge < -0.3 is 14.0 Å². The van der Waals surface area contributed by atoms with Crippen LogP contribution in [0, 0.1) is 0 Å². The lowest BCUT2D eigenvalue weighted by Gasteiger charge is -2.26. The fourth-order valence-electron chi connectivity index (χ4n) is 3.04. The van der Waals surface area contributed by atoms with Crippen LogP contribution in [0.5, 0.6) is 11.5 Å². The minimum absolute atomic E-state index is 0.352. The number of hydrogen-bond acceptors (Lipinski definition) is 9. The lowest BCUT2D eigenvalue weighted by Crippen LogP contribution is -2.25. The molecule has 0 amide bonds. The number of fused-ring (bicyclic) bond motifs is 1. The monoisotopic (exact) mass is 439 g/mol. The normalized spacial score (nSPS) is 15.3. The molecule has 4 aromatic rings. The predicted octanol–water partition coefficient (Wildman–Crippen LogP) is 4.38. The van der Waals surface area contributed by atoms with Crippen LogP contribution in [-0.2, 0) is 12.3 Å². The molecule has 10 heteroatoms. The second-order valence-electron chi connectivity index (χ2n) is 6.42. The van der Waals surface area contributed by atoms with Gasteiger partial charge in [0, 0.05) is 17.5 Å². The van der Waals surface area contributed by atoms with E-state index in [0.29, 0.717) is 42.2 Å². The van der Waals surface area contributed by atoms with Crippen molar-refractivity contribution in [3.8, 4) is 22.9 Å². The highest BCUT2D eigenvalue weighted by Crippen LogP contribution is 2.36. The molecule has 0 unspecified atom stereocenters. The molecule has 1 aliphatic rings. The van der Waals surface area contributed by atoms with Crippen LogP contribution in [0.2, 0.25) is 0 Å². The van der Waals surface area contributed by atoms with Crippen molar-refractivity contribution in [2.45, 2.75) is 23.6 Å². The van der Waals surface area contributed by atoms with Gasteiger partial charge in [0.1, 0.15) is 6.61 Å². The molecule has 5 rings (SSSR count). The molecule has 0 fully saturated rings. The second-order valence-corrected chi connectivity index (χ2v) is 8.14. The highest BCUT2D eigenvalue weighted by atomic mass is 32.2. The van der Waals surface area contributed by atoms with E-state index in [1.807, 2.05) is 45.7 Å². The standard InChI is InChI=1S/C20H17N5O3S2/c1-2-8-25-19(16-10-26-14-5-3-4-6-15(14)27-16)22-23-20(25)30-12-17-21-18(24-28-17)13-7-9-29-11-13/h2-7,9,11,16H,1,8,10,12H2/t16-/m0/s1. The zero-order valence-corrected chi connectivity index (χ0v) is 17.4. The highest BCUT2D eigenvalue weighted by molar-refractivity contribution is 7.98. The molecule has 0 spiro atoms. The van der Waals surface area contributed by atoms with Gasteiger partial charge in [-0.2, -0.15) is 16.3 Å². The summed E-state index contributed by atoms with van der Waals surface area (Å²) in [6.07, 6.45) is 1.45. The van der Waals surface area contributed by atoms with E-state index in [1.165, 1.54) is 11.8 Å². The Labute approximate surface area is 180 Å². The van der Waals surface area contributed by atoms with Gasteiger partial charge in [0.2, 0.25) is 11.7 Å². The average molecular weight is 440 g/mol. The van der Waals surface area contributed by atoms with Gasteiger partial charge in [-0.3, -0.25) is 4.57 Å². The topological polar surface area (TPSA) is 88.1 Å². The summed E-state index contributed by atoms with van der Waals surface area (Å²) in [4.78, 5) is 4.45. The average Bonchev–Trinajstić information content (AvgIpc) is 3.53. The van der Waals surface area contributed by atoms with Crippen LogP contribution in [-0.4, -0.2) is 31.5 Å². The fraction of sp³-hybridized carbons (Fsp3) is 0.200. The van der Waals surface area contributed by atoms with E-state index in [2.05, 4.69) is 26.9 Å². The van der Waals surface area contributed by atoms with Crippen molar-refractivity contribution in [2.75, 3.05) is 6.61 Å². The summed E-state index contributed by atoms with van der Waals surface area (Å²) in [7, 11) is 0. The van der Waals surface area contributed by atoms with Crippen molar-refractivity contribution in [3.63, 3.8) is 0 Å². The van der Waals surface area contributed by atoms with Gasteiger partial charge in [0.25, 0.3) is 0 Å². The molecule has 0 bridgehead atoms. The number of allylic oxidation sites excluding steroid dienone is 1. The zero-order chi connectivity index (χ0) is 20.3. The van der Waals surface area contributed by atoms with E-state index < -0.39 is 0 Å². The van der Waals surface area contributed by atoms with Gasteiger partial charge in [-0.25, -0.2) is 0 Å². The molecule has 152 valence electrons. The maximum Gasteiger partial charge on any atom is 0.237 e. The summed E-state index contributed by atoms with van der Waals surface area (Å²) in [5.74, 6) is 3.72. The first-order valence-corrected chi connectivity index (χ1v) is 11.1. The Balaban J connectivity index is 1.33. The Kier molecular flexibility index (Phi) is 5.24. The van der Waals surface area contributed by atoms with Crippen LogP contribution in [0.3, 0.4) is 0 Å². The Hall–Kier alpha value is -3.11. The first-order chi connectivity index (χ1) is 14.8. The third-order valence-corrected chi connectivity index (χ3v) is 6.06. The number of thioether (sulfide) groups is 1. The number of rotatable bonds is 7. The van der Waals surface area contributed by atoms with Crippen molar-refractivity contribution < 1.29 is 14.0 Å². The number of nitrogens with zero attached hydrogens (tertiary/aromatic N) is 5. The van der Waals surface area contributed by atoms with E-state index >= 15 is 0 Å². The molecule has 30 heavy (non-hydrogen) atoms. The van der Waals surface area contributed by atoms with E-state index in [-0.39, 0.29) is 6.10 Å². The van der Waals surface area contributed by atoms with E-state index in [0.717, 1.165) is 16.5 Å². The van der Waals surface area contributed by atoms with Crippen LogP contribution in [0.4, 0.5) is 0 Å². The summed E-state index contributed by atoms with van der Waals surface area (Å²) >= 11 is 3.07. The molecule has 0 aliphatic carbocycles. The van der Waals surface area contributed by atoms with Crippen molar-refractivity contribution >= 4 is 23.1 Å². The molecule has 0 N–H and O–H groups in total. The predicted molar refractivity (Wildman–Crippen MR) is 113 cm³/mol. The number of para-hydroxylation sites is 2. The summed E-state index contributed by atoms with van der Waals surface area (Å²) in [5.41, 5.74) is 0.951. The summed E-state index contributed by atoms with van der Waals surface area (Å²) in [6, 6.07) is 9.56. The van der Waals surface area contributed by atoms with Crippen molar-refractivity contribution in [1.29, 1.82) is 0 Å². The SMILES string of the molecule is C=CCn1c(SCc2nc(-c3ccsc3)no2)nnc1[C@@H]1COc2ccccc2O1. The van der Waals surface area contributed by atoms with Crippen LogP contribution >= 0.6 is 23.1 Å². The summed E-state index contributed by atoms with van der Waals surface area (Å²) in [5, 5.41) is 17.4. The molecule has 1 atom stereocenters. The van der Waals surface area contributed by atoms with Gasteiger partial charge in [-0.15, -0.1) is 16.8 Å². The molecule has 0 saturated heterocycles. The lowest BCUT2D eigenvalue weighted by molar-refractivity contribution is 0.0821. The largest absolute Gasteiger partial charge is 0.485 e. The fourth-order valence-corrected chi connectivity index (χ4v) is 4.47. The molecule has 0 radical (unpaired) electrons. The van der Waals surface area contributed by atoms with Crippen molar-refractivity contribution in [3.05, 3.63) is 65.5 Å². The molecule has 8 nitrogen and oxygen atoms in total. The molecular formula is C20H17N5O3S2. The van der Waals surface area contributed by atoms with E-state index in [1.54, 1.807) is 17.4 Å². The van der Waals surface area contributed by atoms with Gasteiger partial charge in [-0.1, -0.05) is 35.1 Å². The van der Waals surface area contributed by atoms with Gasteiger partial charge in [0.15, 0.2) is 28.6 Å². The summed E-state index contributed by atoms with van der Waals surface area (Å²) in [6.45, 7) is 4.77. The molecule has 1 aromatic carbocycles. The molecule has 0 saturated carbocycles. The molecule has 4 heterocycles. The molecular weight excluding hydrogens is 422 g/mol. The minimum Gasteiger partial charge on any atom is -0.485 e. The lowest BCUT2D eigenvalue weighted by atomic mass is 10.2. The third-order valence-electron chi connectivity index (χ3n) is 4.43. The zero-order valence-electron chi connectivity index (χ0n) is 15.8. The van der Waals surface area contributed by atoms with Gasteiger partial charge in [-0.05, 0) is 23.6 Å². The Morgan fingerprint density at radius 3 is 2.97 bits per heavy atom.